The SMILES string of the molecule is COCC1=c2c([nH]n(-c3ccc(F)cc3Cl)c2=O)=CCN1Cc1ccccn1. The summed E-state index contributed by atoms with van der Waals surface area (Å²) in [6.07, 6.45) is 3.68. The van der Waals surface area contributed by atoms with Crippen LogP contribution in [-0.2, 0) is 11.3 Å². The Morgan fingerprint density at radius 1 is 1.32 bits per heavy atom. The third-order valence-corrected chi connectivity index (χ3v) is 4.92. The number of nitrogens with zero attached hydrogens (tertiary/aromatic N) is 3. The summed E-state index contributed by atoms with van der Waals surface area (Å²) in [6.45, 7) is 1.43. The average Bonchev–Trinajstić information content (AvgIpc) is 3.01. The molecule has 0 saturated carbocycles. The highest BCUT2D eigenvalue weighted by Crippen LogP contribution is 2.19. The van der Waals surface area contributed by atoms with Crippen LogP contribution in [0.1, 0.15) is 5.69 Å². The van der Waals surface area contributed by atoms with Crippen molar-refractivity contribution in [3.8, 4) is 5.69 Å². The van der Waals surface area contributed by atoms with Gasteiger partial charge in [0.05, 0.1) is 45.8 Å². The van der Waals surface area contributed by atoms with E-state index in [0.717, 1.165) is 11.4 Å². The van der Waals surface area contributed by atoms with Crippen LogP contribution in [0.2, 0.25) is 5.02 Å². The highest BCUT2D eigenvalue weighted by Gasteiger charge is 2.20. The lowest BCUT2D eigenvalue weighted by atomic mass is 10.2. The monoisotopic (exact) mass is 400 g/mol. The first kappa shape index (κ1) is 18.5. The second-order valence-corrected chi connectivity index (χ2v) is 6.83. The Bertz CT molecular complexity index is 1190. The lowest BCUT2D eigenvalue weighted by molar-refractivity contribution is 0.217. The summed E-state index contributed by atoms with van der Waals surface area (Å²) in [4.78, 5) is 19.6. The molecule has 6 nitrogen and oxygen atoms in total. The van der Waals surface area contributed by atoms with E-state index >= 15 is 0 Å². The van der Waals surface area contributed by atoms with Crippen molar-refractivity contribution in [3.05, 3.63) is 80.1 Å². The van der Waals surface area contributed by atoms with Crippen molar-refractivity contribution >= 4 is 23.4 Å². The highest BCUT2D eigenvalue weighted by molar-refractivity contribution is 6.32. The summed E-state index contributed by atoms with van der Waals surface area (Å²) in [5, 5.41) is 4.43. The number of methoxy groups -OCH3 is 1. The molecule has 0 amide bonds. The van der Waals surface area contributed by atoms with Crippen LogP contribution in [0, 0.1) is 5.82 Å². The number of benzene rings is 1. The molecule has 1 aromatic carbocycles. The fourth-order valence-electron chi connectivity index (χ4n) is 3.33. The Hall–Kier alpha value is -2.90. The number of halogens is 2. The van der Waals surface area contributed by atoms with Gasteiger partial charge in [0.1, 0.15) is 5.82 Å². The van der Waals surface area contributed by atoms with Crippen molar-refractivity contribution in [2.75, 3.05) is 20.3 Å². The number of fused-ring (bicyclic) bond motifs is 1. The molecule has 0 bridgehead atoms. The van der Waals surface area contributed by atoms with Crippen molar-refractivity contribution < 1.29 is 9.13 Å². The summed E-state index contributed by atoms with van der Waals surface area (Å²) < 4.78 is 20.1. The molecule has 1 N–H and O–H groups in total. The number of rotatable bonds is 5. The van der Waals surface area contributed by atoms with Crippen LogP contribution in [-0.4, -0.2) is 39.9 Å². The molecule has 0 fully saturated rings. The van der Waals surface area contributed by atoms with E-state index in [4.69, 9.17) is 16.3 Å². The second-order valence-electron chi connectivity index (χ2n) is 6.42. The average molecular weight is 401 g/mol. The van der Waals surface area contributed by atoms with Gasteiger partial charge in [-0.25, -0.2) is 9.07 Å². The first-order chi connectivity index (χ1) is 13.6. The zero-order valence-corrected chi connectivity index (χ0v) is 15.9. The topological polar surface area (TPSA) is 63.1 Å². The number of hydrogen-bond donors (Lipinski definition) is 1. The molecule has 1 aliphatic rings. The summed E-state index contributed by atoms with van der Waals surface area (Å²) in [6, 6.07) is 9.65. The van der Waals surface area contributed by atoms with Gasteiger partial charge in [-0.15, -0.1) is 0 Å². The Morgan fingerprint density at radius 2 is 2.18 bits per heavy atom. The molecule has 0 radical (unpaired) electrons. The third kappa shape index (κ3) is 3.34. The molecule has 0 atom stereocenters. The molecule has 0 aliphatic carbocycles. The zero-order chi connectivity index (χ0) is 19.7. The molecule has 2 aromatic heterocycles. The Morgan fingerprint density at radius 3 is 2.89 bits per heavy atom. The Labute approximate surface area is 165 Å². The molecule has 28 heavy (non-hydrogen) atoms. The largest absolute Gasteiger partial charge is 0.378 e. The van der Waals surface area contributed by atoms with E-state index in [-0.39, 0.29) is 17.2 Å². The quantitative estimate of drug-likeness (QED) is 0.703. The lowest BCUT2D eigenvalue weighted by Gasteiger charge is -2.27. The number of ether oxygens (including phenoxy) is 1. The van der Waals surface area contributed by atoms with Crippen LogP contribution >= 0.6 is 11.6 Å². The van der Waals surface area contributed by atoms with Crippen molar-refractivity contribution in [1.29, 1.82) is 0 Å². The molecule has 144 valence electrons. The predicted octanol–water partition coefficient (Wildman–Crippen LogP) is 1.40. The highest BCUT2D eigenvalue weighted by atomic mass is 35.5. The van der Waals surface area contributed by atoms with Crippen LogP contribution < -0.4 is 16.1 Å². The van der Waals surface area contributed by atoms with Crippen LogP contribution in [0.3, 0.4) is 0 Å². The maximum atomic E-state index is 13.4. The van der Waals surface area contributed by atoms with E-state index in [1.54, 1.807) is 13.3 Å². The van der Waals surface area contributed by atoms with E-state index in [1.165, 1.54) is 22.9 Å². The zero-order valence-electron chi connectivity index (χ0n) is 15.2. The van der Waals surface area contributed by atoms with Crippen molar-refractivity contribution in [2.45, 2.75) is 6.54 Å². The molecule has 3 heterocycles. The maximum Gasteiger partial charge on any atom is 0.281 e. The van der Waals surface area contributed by atoms with Gasteiger partial charge in [-0.2, -0.15) is 0 Å². The minimum absolute atomic E-state index is 0.152. The third-order valence-electron chi connectivity index (χ3n) is 4.62. The van der Waals surface area contributed by atoms with Crippen LogP contribution in [0.4, 0.5) is 4.39 Å². The smallest absolute Gasteiger partial charge is 0.281 e. The normalized spacial score (nSPS) is 13.4. The van der Waals surface area contributed by atoms with Gasteiger partial charge in [0, 0.05) is 19.9 Å². The minimum Gasteiger partial charge on any atom is -0.378 e. The van der Waals surface area contributed by atoms with Crippen LogP contribution in [0.15, 0.2) is 47.4 Å². The molecule has 4 rings (SSSR count). The van der Waals surface area contributed by atoms with E-state index in [1.807, 2.05) is 24.3 Å². The number of nitrogens with one attached hydrogen (secondary N) is 1. The van der Waals surface area contributed by atoms with Crippen molar-refractivity contribution in [1.82, 2.24) is 19.7 Å². The first-order valence-electron chi connectivity index (χ1n) is 8.72. The van der Waals surface area contributed by atoms with E-state index < -0.39 is 5.82 Å². The van der Waals surface area contributed by atoms with Gasteiger partial charge in [-0.3, -0.25) is 14.9 Å². The van der Waals surface area contributed by atoms with E-state index in [0.29, 0.717) is 29.3 Å². The summed E-state index contributed by atoms with van der Waals surface area (Å²) in [5.74, 6) is -0.460. The van der Waals surface area contributed by atoms with Crippen molar-refractivity contribution in [2.24, 2.45) is 0 Å². The minimum atomic E-state index is -0.460. The van der Waals surface area contributed by atoms with Gasteiger partial charge in [0.2, 0.25) is 0 Å². The van der Waals surface area contributed by atoms with Gasteiger partial charge in [-0.05, 0) is 36.4 Å². The second kappa shape index (κ2) is 7.61. The van der Waals surface area contributed by atoms with E-state index in [9.17, 15) is 9.18 Å². The summed E-state index contributed by atoms with van der Waals surface area (Å²) >= 11 is 6.15. The number of aromatic nitrogens is 3. The molecule has 0 spiro atoms. The number of aromatic amines is 1. The van der Waals surface area contributed by atoms with Gasteiger partial charge < -0.3 is 9.64 Å². The molecule has 8 heteroatoms. The summed E-state index contributed by atoms with van der Waals surface area (Å²) in [7, 11) is 1.59. The number of H-pyrrole nitrogens is 1. The predicted molar refractivity (Wildman–Crippen MR) is 105 cm³/mol. The Kier molecular flexibility index (Phi) is 5.02. The van der Waals surface area contributed by atoms with Crippen LogP contribution in [0.5, 0.6) is 0 Å². The molecule has 3 aromatic rings. The van der Waals surface area contributed by atoms with Gasteiger partial charge in [0.25, 0.3) is 5.56 Å². The molecule has 0 saturated heterocycles. The first-order valence-corrected chi connectivity index (χ1v) is 9.10. The fraction of sp³-hybridized carbons (Fsp3) is 0.200. The number of hydrogen-bond acceptors (Lipinski definition) is 4. The molecular weight excluding hydrogens is 383 g/mol. The molecular formula is C20H18ClFN4O2. The maximum absolute atomic E-state index is 13.4. The standard InChI is InChI=1S/C20H18ClFN4O2/c1-28-12-18-19-16(7-9-25(18)11-14-4-2-3-8-23-14)24-26(20(19)27)17-6-5-13(22)10-15(17)21/h2-8,10,24H,9,11-12H2,1H3. The van der Waals surface area contributed by atoms with Gasteiger partial charge in [0.15, 0.2) is 0 Å². The molecule has 1 aliphatic heterocycles. The molecule has 0 unspecified atom stereocenters. The van der Waals surface area contributed by atoms with Gasteiger partial charge >= 0.3 is 0 Å². The van der Waals surface area contributed by atoms with Crippen LogP contribution in [0.25, 0.3) is 17.5 Å². The lowest BCUT2D eigenvalue weighted by Crippen LogP contribution is -2.46. The number of pyridine rings is 1. The Balaban J connectivity index is 1.86. The fourth-order valence-corrected chi connectivity index (χ4v) is 3.58. The summed E-state index contributed by atoms with van der Waals surface area (Å²) in [5.41, 5.74) is 1.79. The van der Waals surface area contributed by atoms with E-state index in [2.05, 4.69) is 15.0 Å². The van der Waals surface area contributed by atoms with Crippen molar-refractivity contribution in [3.63, 3.8) is 0 Å². The van der Waals surface area contributed by atoms with Gasteiger partial charge in [-0.1, -0.05) is 17.7 Å².